The van der Waals surface area contributed by atoms with Crippen LogP contribution in [0.15, 0.2) is 0 Å². The molecule has 0 aromatic carbocycles. The van der Waals surface area contributed by atoms with Gasteiger partial charge in [-0.15, -0.1) is 0 Å². The van der Waals surface area contributed by atoms with Crippen LogP contribution in [0.25, 0.3) is 0 Å². The summed E-state index contributed by atoms with van der Waals surface area (Å²) >= 11 is 0. The summed E-state index contributed by atoms with van der Waals surface area (Å²) in [6.07, 6.45) is -0.279. The zero-order chi connectivity index (χ0) is 14.0. The highest BCUT2D eigenvalue weighted by Crippen LogP contribution is 2.22. The molecular weight excluding hydrogens is 250 g/mol. The molecule has 0 radical (unpaired) electrons. The van der Waals surface area contributed by atoms with Crippen LogP contribution in [0, 0.1) is 0 Å². The van der Waals surface area contributed by atoms with E-state index < -0.39 is 19.0 Å². The molecule has 0 aliphatic rings. The number of hydrogen-bond acceptors (Lipinski definition) is 2. The lowest BCUT2D eigenvalue weighted by Crippen LogP contribution is -2.33. The summed E-state index contributed by atoms with van der Waals surface area (Å²) in [5, 5.41) is 3.32. The molecule has 0 bridgehead atoms. The molecule has 0 rings (SSSR count). The van der Waals surface area contributed by atoms with E-state index in [1.54, 1.807) is 0 Å². The van der Waals surface area contributed by atoms with Gasteiger partial charge in [-0.25, -0.2) is 8.78 Å². The molecule has 18 heavy (non-hydrogen) atoms. The van der Waals surface area contributed by atoms with Crippen molar-refractivity contribution in [3.63, 3.8) is 0 Å². The fourth-order valence-corrected chi connectivity index (χ4v) is 1.50. The molecule has 0 aromatic rings. The first-order valence-corrected chi connectivity index (χ1v) is 6.41. The molecule has 2 nitrogen and oxygen atoms in total. The first kappa shape index (κ1) is 17.6. The Morgan fingerprint density at radius 3 is 2.39 bits per heavy atom. The Kier molecular flexibility index (Phi) is 9.36. The molecule has 1 N–H and O–H groups in total. The van der Waals surface area contributed by atoms with Crippen LogP contribution in [-0.4, -0.2) is 38.1 Å². The van der Waals surface area contributed by atoms with Crippen molar-refractivity contribution in [3.05, 3.63) is 0 Å². The number of halogens is 4. The van der Waals surface area contributed by atoms with Gasteiger partial charge in [0.2, 0.25) is 0 Å². The van der Waals surface area contributed by atoms with Crippen LogP contribution in [0.4, 0.5) is 17.6 Å². The molecular formula is C12H23F4NO. The molecule has 1 atom stereocenters. The number of alkyl halides is 4. The summed E-state index contributed by atoms with van der Waals surface area (Å²) in [4.78, 5) is 0. The third-order valence-electron chi connectivity index (χ3n) is 2.63. The van der Waals surface area contributed by atoms with Gasteiger partial charge >= 0.3 is 12.3 Å². The highest BCUT2D eigenvalue weighted by Gasteiger charge is 2.40. The first-order chi connectivity index (χ1) is 8.44. The lowest BCUT2D eigenvalue weighted by atomic mass is 10.1. The van der Waals surface area contributed by atoms with Gasteiger partial charge in [0.1, 0.15) is 6.61 Å². The van der Waals surface area contributed by atoms with Gasteiger partial charge < -0.3 is 10.1 Å². The van der Waals surface area contributed by atoms with Crippen molar-refractivity contribution < 1.29 is 22.3 Å². The molecule has 1 unspecified atom stereocenters. The van der Waals surface area contributed by atoms with Crippen molar-refractivity contribution >= 4 is 0 Å². The Morgan fingerprint density at radius 1 is 1.22 bits per heavy atom. The van der Waals surface area contributed by atoms with Crippen molar-refractivity contribution in [2.45, 2.75) is 57.9 Å². The second kappa shape index (κ2) is 9.55. The summed E-state index contributed by atoms with van der Waals surface area (Å²) in [7, 11) is 0. The zero-order valence-electron chi connectivity index (χ0n) is 11.0. The van der Waals surface area contributed by atoms with E-state index in [9.17, 15) is 17.6 Å². The van der Waals surface area contributed by atoms with E-state index in [0.29, 0.717) is 12.5 Å². The van der Waals surface area contributed by atoms with Crippen molar-refractivity contribution in [1.82, 2.24) is 5.32 Å². The van der Waals surface area contributed by atoms with E-state index >= 15 is 0 Å². The van der Waals surface area contributed by atoms with Crippen LogP contribution in [0.2, 0.25) is 0 Å². The Morgan fingerprint density at radius 2 is 1.89 bits per heavy atom. The summed E-state index contributed by atoms with van der Waals surface area (Å²) in [6.45, 7) is 3.91. The lowest BCUT2D eigenvalue weighted by molar-refractivity contribution is -0.166. The fraction of sp³-hybridized carbons (Fsp3) is 1.00. The topological polar surface area (TPSA) is 21.3 Å². The van der Waals surface area contributed by atoms with Crippen LogP contribution in [0.1, 0.15) is 39.5 Å². The third kappa shape index (κ3) is 7.87. The van der Waals surface area contributed by atoms with Gasteiger partial charge in [0.25, 0.3) is 0 Å². The Bertz CT molecular complexity index is 203. The number of ether oxygens (including phenoxy) is 1. The number of rotatable bonds is 11. The molecule has 0 aromatic heterocycles. The second-order valence-electron chi connectivity index (χ2n) is 4.32. The maximum atomic E-state index is 12.5. The predicted octanol–water partition coefficient (Wildman–Crippen LogP) is 3.46. The molecule has 6 heteroatoms. The van der Waals surface area contributed by atoms with Crippen LogP contribution in [0.5, 0.6) is 0 Å². The predicted molar refractivity (Wildman–Crippen MR) is 63.4 cm³/mol. The van der Waals surface area contributed by atoms with Crippen molar-refractivity contribution in [3.8, 4) is 0 Å². The molecule has 0 spiro atoms. The quantitative estimate of drug-likeness (QED) is 0.460. The van der Waals surface area contributed by atoms with E-state index in [2.05, 4.69) is 17.0 Å². The summed E-state index contributed by atoms with van der Waals surface area (Å²) < 4.78 is 53.2. The molecule has 0 fully saturated rings. The lowest BCUT2D eigenvalue weighted by Gasteiger charge is -2.17. The van der Waals surface area contributed by atoms with Crippen molar-refractivity contribution in [2.75, 3.05) is 19.8 Å². The summed E-state index contributed by atoms with van der Waals surface area (Å²) in [5.74, 6) is -4.04. The van der Waals surface area contributed by atoms with Gasteiger partial charge in [-0.3, -0.25) is 0 Å². The average molecular weight is 273 g/mol. The fourth-order valence-electron chi connectivity index (χ4n) is 1.50. The van der Waals surface area contributed by atoms with E-state index in [-0.39, 0.29) is 6.61 Å². The monoisotopic (exact) mass is 273 g/mol. The van der Waals surface area contributed by atoms with E-state index in [1.807, 2.05) is 6.92 Å². The number of hydrogen-bond donors (Lipinski definition) is 1. The standard InChI is InChI=1S/C12H23F4NO/c1-3-7-17-10(4-2)6-5-8-18-9-12(15,16)11(13)14/h10-11,17H,3-9H2,1-2H3. The Labute approximate surface area is 106 Å². The summed E-state index contributed by atoms with van der Waals surface area (Å²) in [6, 6.07) is 0.337. The van der Waals surface area contributed by atoms with Gasteiger partial charge in [0.15, 0.2) is 0 Å². The first-order valence-electron chi connectivity index (χ1n) is 6.41. The normalized spacial score (nSPS) is 14.2. The van der Waals surface area contributed by atoms with Gasteiger partial charge in [-0.1, -0.05) is 13.8 Å². The van der Waals surface area contributed by atoms with Crippen molar-refractivity contribution in [2.24, 2.45) is 0 Å². The Hall–Kier alpha value is -0.360. The molecule has 0 aliphatic carbocycles. The van der Waals surface area contributed by atoms with Crippen LogP contribution < -0.4 is 5.32 Å². The van der Waals surface area contributed by atoms with Gasteiger partial charge in [0.05, 0.1) is 0 Å². The van der Waals surface area contributed by atoms with Crippen molar-refractivity contribution in [1.29, 1.82) is 0 Å². The van der Waals surface area contributed by atoms with E-state index in [0.717, 1.165) is 25.8 Å². The highest BCUT2D eigenvalue weighted by atomic mass is 19.3. The zero-order valence-corrected chi connectivity index (χ0v) is 11.0. The maximum absolute atomic E-state index is 12.5. The van der Waals surface area contributed by atoms with Gasteiger partial charge in [-0.05, 0) is 32.2 Å². The molecule has 0 aliphatic heterocycles. The Balaban J connectivity index is 3.60. The molecule has 0 saturated heterocycles. The summed E-state index contributed by atoms with van der Waals surface area (Å²) in [5.41, 5.74) is 0. The van der Waals surface area contributed by atoms with Crippen LogP contribution >= 0.6 is 0 Å². The van der Waals surface area contributed by atoms with Crippen LogP contribution in [-0.2, 0) is 4.74 Å². The van der Waals surface area contributed by atoms with E-state index in [1.165, 1.54) is 0 Å². The minimum Gasteiger partial charge on any atom is -0.375 e. The SMILES string of the molecule is CCCNC(CC)CCCOCC(F)(F)C(F)F. The molecule has 0 saturated carbocycles. The highest BCUT2D eigenvalue weighted by molar-refractivity contribution is 4.68. The van der Waals surface area contributed by atoms with Crippen LogP contribution in [0.3, 0.4) is 0 Å². The smallest absolute Gasteiger partial charge is 0.330 e. The minimum absolute atomic E-state index is 0.0899. The van der Waals surface area contributed by atoms with E-state index in [4.69, 9.17) is 0 Å². The number of nitrogens with one attached hydrogen (secondary N) is 1. The van der Waals surface area contributed by atoms with Gasteiger partial charge in [0, 0.05) is 12.6 Å². The average Bonchev–Trinajstić information content (AvgIpc) is 2.32. The minimum atomic E-state index is -4.04. The molecule has 110 valence electrons. The second-order valence-corrected chi connectivity index (χ2v) is 4.32. The molecule has 0 heterocycles. The largest absolute Gasteiger partial charge is 0.375 e. The van der Waals surface area contributed by atoms with Gasteiger partial charge in [-0.2, -0.15) is 8.78 Å². The maximum Gasteiger partial charge on any atom is 0.330 e. The molecule has 0 amide bonds. The third-order valence-corrected chi connectivity index (χ3v) is 2.63.